The van der Waals surface area contributed by atoms with Gasteiger partial charge in [-0.1, -0.05) is 18.2 Å². The lowest BCUT2D eigenvalue weighted by atomic mass is 9.95. The van der Waals surface area contributed by atoms with Crippen LogP contribution >= 0.6 is 0 Å². The monoisotopic (exact) mass is 407 g/mol. The number of aryl methyl sites for hydroxylation is 1. The molecule has 156 valence electrons. The van der Waals surface area contributed by atoms with Crippen molar-refractivity contribution in [2.75, 3.05) is 24.6 Å². The molecule has 4 rings (SSSR count). The summed E-state index contributed by atoms with van der Waals surface area (Å²) in [7, 11) is 0. The molecular formula is C23H25N3O4. The van der Waals surface area contributed by atoms with Crippen molar-refractivity contribution in [2.45, 2.75) is 26.3 Å². The van der Waals surface area contributed by atoms with Gasteiger partial charge in [0.1, 0.15) is 5.75 Å². The molecular weight excluding hydrogens is 382 g/mol. The quantitative estimate of drug-likeness (QED) is 0.841. The highest BCUT2D eigenvalue weighted by molar-refractivity contribution is 5.98. The van der Waals surface area contributed by atoms with E-state index in [0.717, 1.165) is 16.8 Å². The fraction of sp³-hybridized carbons (Fsp3) is 0.348. The van der Waals surface area contributed by atoms with E-state index in [1.54, 1.807) is 15.9 Å². The SMILES string of the molecule is Cc1ccc2c(c1)N(Cc1cccc(C(=O)N3CCC(C(N)=O)CC3)c1)C(=O)CO2. The van der Waals surface area contributed by atoms with Crippen molar-refractivity contribution in [3.63, 3.8) is 0 Å². The predicted octanol–water partition coefficient (Wildman–Crippen LogP) is 2.26. The number of primary amides is 1. The Hall–Kier alpha value is -3.35. The molecule has 7 heteroatoms. The van der Waals surface area contributed by atoms with E-state index in [9.17, 15) is 14.4 Å². The number of amides is 3. The van der Waals surface area contributed by atoms with Gasteiger partial charge < -0.3 is 20.3 Å². The lowest BCUT2D eigenvalue weighted by Gasteiger charge is -2.31. The third kappa shape index (κ3) is 4.01. The number of fused-ring (bicyclic) bond motifs is 1. The summed E-state index contributed by atoms with van der Waals surface area (Å²) >= 11 is 0. The van der Waals surface area contributed by atoms with Gasteiger partial charge in [0.05, 0.1) is 12.2 Å². The summed E-state index contributed by atoms with van der Waals surface area (Å²) in [5.41, 5.74) is 8.62. The van der Waals surface area contributed by atoms with E-state index in [2.05, 4.69) is 0 Å². The van der Waals surface area contributed by atoms with E-state index >= 15 is 0 Å². The number of nitrogens with two attached hydrogens (primary N) is 1. The molecule has 30 heavy (non-hydrogen) atoms. The fourth-order valence-corrected chi connectivity index (χ4v) is 4.02. The van der Waals surface area contributed by atoms with Crippen LogP contribution in [0.1, 0.15) is 34.3 Å². The molecule has 2 aliphatic heterocycles. The molecule has 0 saturated carbocycles. The van der Waals surface area contributed by atoms with E-state index in [4.69, 9.17) is 10.5 Å². The van der Waals surface area contributed by atoms with E-state index in [-0.39, 0.29) is 30.2 Å². The second-order valence-corrected chi connectivity index (χ2v) is 7.91. The third-order valence-corrected chi connectivity index (χ3v) is 5.76. The molecule has 0 atom stereocenters. The first-order valence-corrected chi connectivity index (χ1v) is 10.1. The molecule has 2 aromatic carbocycles. The number of piperidine rings is 1. The largest absolute Gasteiger partial charge is 0.482 e. The Morgan fingerprint density at radius 3 is 2.63 bits per heavy atom. The summed E-state index contributed by atoms with van der Waals surface area (Å²) in [6.07, 6.45) is 1.19. The van der Waals surface area contributed by atoms with Crippen molar-refractivity contribution in [3.8, 4) is 5.75 Å². The van der Waals surface area contributed by atoms with E-state index in [0.29, 0.717) is 43.8 Å². The molecule has 2 heterocycles. The molecule has 0 unspecified atom stereocenters. The molecule has 1 fully saturated rings. The van der Waals surface area contributed by atoms with Gasteiger partial charge in [0.15, 0.2) is 6.61 Å². The summed E-state index contributed by atoms with van der Waals surface area (Å²) in [5, 5.41) is 0. The Labute approximate surface area is 175 Å². The van der Waals surface area contributed by atoms with E-state index < -0.39 is 0 Å². The molecule has 2 N–H and O–H groups in total. The zero-order valence-corrected chi connectivity index (χ0v) is 17.0. The average Bonchev–Trinajstić information content (AvgIpc) is 2.75. The smallest absolute Gasteiger partial charge is 0.265 e. The summed E-state index contributed by atoms with van der Waals surface area (Å²) in [6, 6.07) is 13.1. The molecule has 0 aliphatic carbocycles. The van der Waals surface area contributed by atoms with Crippen molar-refractivity contribution >= 4 is 23.4 Å². The van der Waals surface area contributed by atoms with Crippen LogP contribution in [0.2, 0.25) is 0 Å². The minimum atomic E-state index is -0.296. The lowest BCUT2D eigenvalue weighted by Crippen LogP contribution is -2.41. The van der Waals surface area contributed by atoms with Crippen LogP contribution in [0.15, 0.2) is 42.5 Å². The van der Waals surface area contributed by atoms with Crippen LogP contribution in [0.4, 0.5) is 5.69 Å². The number of anilines is 1. The van der Waals surface area contributed by atoms with Crippen LogP contribution in [0.3, 0.4) is 0 Å². The van der Waals surface area contributed by atoms with Gasteiger partial charge in [-0.05, 0) is 55.2 Å². The van der Waals surface area contributed by atoms with Crippen LogP contribution in [0.5, 0.6) is 5.75 Å². The third-order valence-electron chi connectivity index (χ3n) is 5.76. The Morgan fingerprint density at radius 1 is 1.13 bits per heavy atom. The number of nitrogens with zero attached hydrogens (tertiary/aromatic N) is 2. The maximum atomic E-state index is 12.9. The van der Waals surface area contributed by atoms with Crippen molar-refractivity contribution in [1.82, 2.24) is 4.90 Å². The summed E-state index contributed by atoms with van der Waals surface area (Å²) in [6.45, 7) is 3.38. The average molecular weight is 407 g/mol. The first kappa shape index (κ1) is 19.9. The van der Waals surface area contributed by atoms with E-state index in [1.807, 2.05) is 43.3 Å². The maximum Gasteiger partial charge on any atom is 0.265 e. The Morgan fingerprint density at radius 2 is 1.90 bits per heavy atom. The van der Waals surface area contributed by atoms with Crippen LogP contribution in [-0.2, 0) is 16.1 Å². The summed E-state index contributed by atoms with van der Waals surface area (Å²) in [5.74, 6) is 0.0541. The van der Waals surface area contributed by atoms with Crippen molar-refractivity contribution in [3.05, 3.63) is 59.2 Å². The van der Waals surface area contributed by atoms with Gasteiger partial charge in [-0.15, -0.1) is 0 Å². The molecule has 0 spiro atoms. The lowest BCUT2D eigenvalue weighted by molar-refractivity contribution is -0.123. The molecule has 0 aromatic heterocycles. The molecule has 7 nitrogen and oxygen atoms in total. The molecule has 2 aromatic rings. The van der Waals surface area contributed by atoms with Gasteiger partial charge in [-0.3, -0.25) is 14.4 Å². The highest BCUT2D eigenvalue weighted by Gasteiger charge is 2.28. The van der Waals surface area contributed by atoms with Crippen LogP contribution in [0, 0.1) is 12.8 Å². The Balaban J connectivity index is 1.51. The maximum absolute atomic E-state index is 12.9. The number of hydrogen-bond acceptors (Lipinski definition) is 4. The number of carbonyl (C=O) groups excluding carboxylic acids is 3. The number of rotatable bonds is 4. The normalized spacial score (nSPS) is 16.8. The fourth-order valence-electron chi connectivity index (χ4n) is 4.02. The standard InChI is InChI=1S/C23H25N3O4/c1-15-5-6-20-19(11-15)26(21(27)14-30-20)13-16-3-2-4-18(12-16)23(29)25-9-7-17(8-10-25)22(24)28/h2-6,11-12,17H,7-10,13-14H2,1H3,(H2,24,28). The molecule has 1 saturated heterocycles. The first-order valence-electron chi connectivity index (χ1n) is 10.1. The summed E-state index contributed by atoms with van der Waals surface area (Å²) in [4.78, 5) is 40.3. The minimum absolute atomic E-state index is 0.00346. The van der Waals surface area contributed by atoms with Gasteiger partial charge in [-0.25, -0.2) is 0 Å². The van der Waals surface area contributed by atoms with Crippen LogP contribution in [0.25, 0.3) is 0 Å². The number of benzene rings is 2. The molecule has 0 radical (unpaired) electrons. The molecule has 2 aliphatic rings. The first-order chi connectivity index (χ1) is 14.4. The van der Waals surface area contributed by atoms with Gasteiger partial charge in [0.25, 0.3) is 11.8 Å². The zero-order valence-electron chi connectivity index (χ0n) is 17.0. The number of hydrogen-bond donors (Lipinski definition) is 1. The Kier molecular flexibility index (Phi) is 5.44. The number of likely N-dealkylation sites (tertiary alicyclic amines) is 1. The highest BCUT2D eigenvalue weighted by Crippen LogP contribution is 2.34. The van der Waals surface area contributed by atoms with Gasteiger partial charge in [-0.2, -0.15) is 0 Å². The zero-order chi connectivity index (χ0) is 21.3. The van der Waals surface area contributed by atoms with E-state index in [1.165, 1.54) is 0 Å². The summed E-state index contributed by atoms with van der Waals surface area (Å²) < 4.78 is 5.54. The van der Waals surface area contributed by atoms with Crippen LogP contribution in [-0.4, -0.2) is 42.3 Å². The number of carbonyl (C=O) groups is 3. The second kappa shape index (κ2) is 8.18. The van der Waals surface area contributed by atoms with Gasteiger partial charge in [0.2, 0.25) is 5.91 Å². The van der Waals surface area contributed by atoms with Crippen molar-refractivity contribution in [1.29, 1.82) is 0 Å². The molecule has 3 amide bonds. The highest BCUT2D eigenvalue weighted by atomic mass is 16.5. The minimum Gasteiger partial charge on any atom is -0.482 e. The van der Waals surface area contributed by atoms with Crippen LogP contribution < -0.4 is 15.4 Å². The van der Waals surface area contributed by atoms with Gasteiger partial charge >= 0.3 is 0 Å². The number of ether oxygens (including phenoxy) is 1. The van der Waals surface area contributed by atoms with Gasteiger partial charge in [0, 0.05) is 24.6 Å². The second-order valence-electron chi connectivity index (χ2n) is 7.91. The van der Waals surface area contributed by atoms with Crippen molar-refractivity contribution in [2.24, 2.45) is 11.7 Å². The predicted molar refractivity (Wildman–Crippen MR) is 112 cm³/mol. The van der Waals surface area contributed by atoms with Crippen molar-refractivity contribution < 1.29 is 19.1 Å². The molecule has 0 bridgehead atoms. The Bertz CT molecular complexity index is 996. The topological polar surface area (TPSA) is 92.9 Å².